The molecule has 3 heterocycles. The molecule has 4 atom stereocenters. The highest BCUT2D eigenvalue weighted by Gasteiger charge is 2.76. The number of rotatable bonds is 4. The number of benzene rings is 1. The van der Waals surface area contributed by atoms with Crippen molar-refractivity contribution >= 4 is 11.9 Å². The second-order valence-electron chi connectivity index (χ2n) is 10.5. The Hall–Kier alpha value is -1.92. The van der Waals surface area contributed by atoms with Crippen LogP contribution in [0.1, 0.15) is 47.1 Å². The fourth-order valence-electron chi connectivity index (χ4n) is 5.46. The average molecular weight is 415 g/mol. The van der Waals surface area contributed by atoms with Gasteiger partial charge in [0.2, 0.25) is 5.91 Å². The standard InChI is InChI=1S/C24H34N2O4/c1-16(2)18-14-29-23(6)19-13-25(12-17-10-8-7-9-11-17)15-24(19,20(27)26(18)23)21(28)30-22(3,4)5/h7-11,16,18-19H,12-15H2,1-6H3/t18-,19-,23-,24-/m1/s1. The van der Waals surface area contributed by atoms with Gasteiger partial charge in [-0.05, 0) is 39.2 Å². The maximum Gasteiger partial charge on any atom is 0.324 e. The van der Waals surface area contributed by atoms with Gasteiger partial charge in [-0.15, -0.1) is 0 Å². The van der Waals surface area contributed by atoms with Gasteiger partial charge in [-0.3, -0.25) is 14.5 Å². The van der Waals surface area contributed by atoms with Crippen LogP contribution in [-0.2, 0) is 25.6 Å². The largest absolute Gasteiger partial charge is 0.459 e. The highest BCUT2D eigenvalue weighted by Crippen LogP contribution is 2.57. The van der Waals surface area contributed by atoms with Crippen LogP contribution in [-0.4, -0.2) is 58.7 Å². The molecule has 3 saturated heterocycles. The molecule has 0 aromatic heterocycles. The lowest BCUT2D eigenvalue weighted by atomic mass is 9.76. The van der Waals surface area contributed by atoms with Gasteiger partial charge in [0.25, 0.3) is 0 Å². The first-order chi connectivity index (χ1) is 14.0. The molecule has 4 rings (SSSR count). The molecule has 0 radical (unpaired) electrons. The summed E-state index contributed by atoms with van der Waals surface area (Å²) >= 11 is 0. The number of hydrogen-bond donors (Lipinski definition) is 0. The normalized spacial score (nSPS) is 33.8. The molecule has 0 spiro atoms. The van der Waals surface area contributed by atoms with Crippen LogP contribution in [0, 0.1) is 17.3 Å². The molecule has 3 aliphatic rings. The van der Waals surface area contributed by atoms with Crippen molar-refractivity contribution in [3.63, 3.8) is 0 Å². The van der Waals surface area contributed by atoms with Gasteiger partial charge in [0, 0.05) is 25.6 Å². The number of hydrogen-bond acceptors (Lipinski definition) is 5. The van der Waals surface area contributed by atoms with Gasteiger partial charge in [0.1, 0.15) is 11.3 Å². The van der Waals surface area contributed by atoms with Crippen LogP contribution < -0.4 is 0 Å². The van der Waals surface area contributed by atoms with E-state index in [1.54, 1.807) is 0 Å². The van der Waals surface area contributed by atoms with E-state index < -0.39 is 22.7 Å². The summed E-state index contributed by atoms with van der Waals surface area (Å²) in [4.78, 5) is 31.6. The van der Waals surface area contributed by atoms with Crippen LogP contribution >= 0.6 is 0 Å². The van der Waals surface area contributed by atoms with Gasteiger partial charge >= 0.3 is 5.97 Å². The zero-order chi connectivity index (χ0) is 21.9. The highest BCUT2D eigenvalue weighted by molar-refractivity contribution is 6.06. The molecular weight excluding hydrogens is 380 g/mol. The number of likely N-dealkylation sites (tertiary alicyclic amines) is 1. The zero-order valence-corrected chi connectivity index (χ0v) is 19.0. The number of ether oxygens (including phenoxy) is 2. The molecule has 30 heavy (non-hydrogen) atoms. The first kappa shape index (κ1) is 21.3. The first-order valence-electron chi connectivity index (χ1n) is 11.0. The quantitative estimate of drug-likeness (QED) is 0.560. The van der Waals surface area contributed by atoms with E-state index in [2.05, 4.69) is 30.9 Å². The number of nitrogens with zero attached hydrogens (tertiary/aromatic N) is 2. The minimum Gasteiger partial charge on any atom is -0.459 e. The van der Waals surface area contributed by atoms with Crippen molar-refractivity contribution in [3.8, 4) is 0 Å². The Balaban J connectivity index is 1.71. The Morgan fingerprint density at radius 1 is 1.27 bits per heavy atom. The Labute approximate surface area is 179 Å². The lowest BCUT2D eigenvalue weighted by molar-refractivity contribution is -0.172. The SMILES string of the molecule is CC(C)[C@H]1CO[C@]2(C)[C@H]3CN(Cc4ccccc4)C[C@]3(C(=O)OC(C)(C)C)C(=O)N12. The average Bonchev–Trinajstić information content (AvgIpc) is 3.25. The second kappa shape index (κ2) is 7.06. The summed E-state index contributed by atoms with van der Waals surface area (Å²) in [6, 6.07) is 10.1. The first-order valence-corrected chi connectivity index (χ1v) is 11.0. The number of carbonyl (C=O) groups excluding carboxylic acids is 2. The predicted molar refractivity (Wildman–Crippen MR) is 113 cm³/mol. The topological polar surface area (TPSA) is 59.1 Å². The minimum absolute atomic E-state index is 0.0185. The number of amides is 1. The smallest absolute Gasteiger partial charge is 0.324 e. The molecule has 6 nitrogen and oxygen atoms in total. The van der Waals surface area contributed by atoms with Crippen molar-refractivity contribution in [3.05, 3.63) is 35.9 Å². The van der Waals surface area contributed by atoms with Crippen LogP contribution in [0.25, 0.3) is 0 Å². The number of esters is 1. The third kappa shape index (κ3) is 3.16. The molecule has 0 bridgehead atoms. The molecule has 1 aromatic rings. The summed E-state index contributed by atoms with van der Waals surface area (Å²) in [6.45, 7) is 13.9. The van der Waals surface area contributed by atoms with Crippen LogP contribution in [0.4, 0.5) is 0 Å². The van der Waals surface area contributed by atoms with E-state index in [-0.39, 0.29) is 23.8 Å². The second-order valence-corrected chi connectivity index (χ2v) is 10.5. The van der Waals surface area contributed by atoms with Crippen molar-refractivity contribution in [1.29, 1.82) is 0 Å². The predicted octanol–water partition coefficient (Wildman–Crippen LogP) is 3.06. The Morgan fingerprint density at radius 2 is 1.93 bits per heavy atom. The molecule has 0 aliphatic carbocycles. The van der Waals surface area contributed by atoms with Gasteiger partial charge in [-0.1, -0.05) is 44.2 Å². The summed E-state index contributed by atoms with van der Waals surface area (Å²) in [7, 11) is 0. The molecule has 0 unspecified atom stereocenters. The lowest BCUT2D eigenvalue weighted by Gasteiger charge is -2.35. The van der Waals surface area contributed by atoms with Crippen molar-refractivity contribution in [2.75, 3.05) is 19.7 Å². The van der Waals surface area contributed by atoms with E-state index in [1.807, 2.05) is 50.8 Å². The number of carbonyl (C=O) groups is 2. The summed E-state index contributed by atoms with van der Waals surface area (Å²) in [5.41, 5.74) is -1.49. The molecule has 0 N–H and O–H groups in total. The third-order valence-corrected chi connectivity index (χ3v) is 6.89. The molecule has 6 heteroatoms. The van der Waals surface area contributed by atoms with Crippen molar-refractivity contribution in [2.45, 2.75) is 65.5 Å². The van der Waals surface area contributed by atoms with Crippen molar-refractivity contribution < 1.29 is 19.1 Å². The molecule has 3 aliphatic heterocycles. The molecular formula is C24H34N2O4. The third-order valence-electron chi connectivity index (χ3n) is 6.89. The molecule has 1 amide bonds. The van der Waals surface area contributed by atoms with Crippen molar-refractivity contribution in [1.82, 2.24) is 9.80 Å². The summed E-state index contributed by atoms with van der Waals surface area (Å²) in [6.07, 6.45) is 0. The van der Waals surface area contributed by atoms with E-state index in [0.29, 0.717) is 26.2 Å². The Morgan fingerprint density at radius 3 is 2.53 bits per heavy atom. The van der Waals surface area contributed by atoms with E-state index in [4.69, 9.17) is 9.47 Å². The molecule has 164 valence electrons. The fourth-order valence-corrected chi connectivity index (χ4v) is 5.46. The number of fused-ring (bicyclic) bond motifs is 3. The monoisotopic (exact) mass is 414 g/mol. The van der Waals surface area contributed by atoms with Gasteiger partial charge in [-0.2, -0.15) is 0 Å². The lowest BCUT2D eigenvalue weighted by Crippen LogP contribution is -2.51. The van der Waals surface area contributed by atoms with E-state index in [1.165, 1.54) is 5.56 Å². The van der Waals surface area contributed by atoms with E-state index in [0.717, 1.165) is 0 Å². The zero-order valence-electron chi connectivity index (χ0n) is 19.0. The highest BCUT2D eigenvalue weighted by atomic mass is 16.6. The van der Waals surface area contributed by atoms with Crippen LogP contribution in [0.3, 0.4) is 0 Å². The van der Waals surface area contributed by atoms with E-state index >= 15 is 0 Å². The molecule has 0 saturated carbocycles. The summed E-state index contributed by atoms with van der Waals surface area (Å²) in [5, 5.41) is 0. The maximum atomic E-state index is 14.0. The minimum atomic E-state index is -1.22. The fraction of sp³-hybridized carbons (Fsp3) is 0.667. The summed E-state index contributed by atoms with van der Waals surface area (Å²) in [5.74, 6) is -0.552. The Bertz CT molecular complexity index is 833. The van der Waals surface area contributed by atoms with Crippen molar-refractivity contribution in [2.24, 2.45) is 17.3 Å². The van der Waals surface area contributed by atoms with Gasteiger partial charge < -0.3 is 14.4 Å². The molecule has 1 aromatic carbocycles. The summed E-state index contributed by atoms with van der Waals surface area (Å²) < 4.78 is 12.1. The maximum absolute atomic E-state index is 14.0. The van der Waals surface area contributed by atoms with E-state index in [9.17, 15) is 9.59 Å². The van der Waals surface area contributed by atoms with Crippen LogP contribution in [0.5, 0.6) is 0 Å². The van der Waals surface area contributed by atoms with Gasteiger partial charge in [0.15, 0.2) is 5.41 Å². The van der Waals surface area contributed by atoms with Gasteiger partial charge in [0.05, 0.1) is 12.6 Å². The molecule has 3 fully saturated rings. The van der Waals surface area contributed by atoms with Crippen LogP contribution in [0.15, 0.2) is 30.3 Å². The Kier molecular flexibility index (Phi) is 5.02. The van der Waals surface area contributed by atoms with Gasteiger partial charge in [-0.25, -0.2) is 0 Å². The van der Waals surface area contributed by atoms with Crippen LogP contribution in [0.2, 0.25) is 0 Å².